The van der Waals surface area contributed by atoms with Gasteiger partial charge in [0.1, 0.15) is 17.4 Å². The molecule has 0 aromatic heterocycles. The molecule has 11 heteroatoms. The van der Waals surface area contributed by atoms with Gasteiger partial charge in [-0.3, -0.25) is 18.6 Å². The molecule has 0 aliphatic carbocycles. The van der Waals surface area contributed by atoms with Crippen molar-refractivity contribution in [2.45, 2.75) is 37.5 Å². The monoisotopic (exact) mass is 484 g/mol. The molecule has 1 fully saturated rings. The van der Waals surface area contributed by atoms with Gasteiger partial charge in [-0.25, -0.2) is 14.1 Å². The van der Waals surface area contributed by atoms with Crippen LogP contribution in [0.3, 0.4) is 0 Å². The zero-order valence-electron chi connectivity index (χ0n) is 17.8. The molecule has 0 radical (unpaired) electrons. The van der Waals surface area contributed by atoms with Crippen molar-refractivity contribution in [2.75, 3.05) is 12.3 Å². The lowest BCUT2D eigenvalue weighted by Crippen LogP contribution is -2.64. The fraction of sp³-hybridized carbons (Fsp3) is 0.364. The summed E-state index contributed by atoms with van der Waals surface area (Å²) in [6.45, 7) is 1.50. The maximum atomic E-state index is 14.7. The highest BCUT2D eigenvalue weighted by Gasteiger charge is 2.50. The third-order valence-electron chi connectivity index (χ3n) is 5.84. The molecule has 178 valence electrons. The van der Waals surface area contributed by atoms with Gasteiger partial charge in [-0.15, -0.1) is 0 Å². The first kappa shape index (κ1) is 23.4. The molecule has 2 aromatic rings. The summed E-state index contributed by atoms with van der Waals surface area (Å²) < 4.78 is 73.1. The van der Waals surface area contributed by atoms with Gasteiger partial charge in [-0.1, -0.05) is 36.4 Å². The van der Waals surface area contributed by atoms with Crippen LogP contribution in [0.4, 0.5) is 17.6 Å². The standard InChI is InChI=1S/C22H24F4N4O2S/c1-21(16-10-5-6-11-17(16)23)14-33(32)29-18(22(24,25)26)12-7-13-30(33)20(28-21)27-19(31)15-8-3-2-4-9-15/h2-6,8-11,18,33H,7,12-14H2,1H3,(H,29,32)(H,27,28,31)/t18-,21-/m0/s1. The molecule has 2 N–H and O–H groups in total. The summed E-state index contributed by atoms with van der Waals surface area (Å²) in [7, 11) is -3.97. The molecule has 0 saturated carbocycles. The summed E-state index contributed by atoms with van der Waals surface area (Å²) in [5.74, 6) is -1.69. The summed E-state index contributed by atoms with van der Waals surface area (Å²) >= 11 is 0. The Morgan fingerprint density at radius 3 is 2.52 bits per heavy atom. The number of hydrogen-bond acceptors (Lipinski definition) is 3. The Balaban J connectivity index is 1.80. The Hall–Kier alpha value is -2.79. The minimum atomic E-state index is -4.61. The first-order valence-corrected chi connectivity index (χ1v) is 12.3. The lowest BCUT2D eigenvalue weighted by molar-refractivity contribution is -0.152. The van der Waals surface area contributed by atoms with Gasteiger partial charge >= 0.3 is 6.18 Å². The molecule has 6 nitrogen and oxygen atoms in total. The molecular weight excluding hydrogens is 460 g/mol. The molecule has 2 heterocycles. The summed E-state index contributed by atoms with van der Waals surface area (Å²) in [5, 5.41) is 2.61. The van der Waals surface area contributed by atoms with E-state index in [1.165, 1.54) is 29.4 Å². The number of alkyl halides is 3. The molecule has 4 rings (SSSR count). The predicted octanol–water partition coefficient (Wildman–Crippen LogP) is 3.30. The summed E-state index contributed by atoms with van der Waals surface area (Å²) in [5.41, 5.74) is -1.09. The molecule has 2 aromatic carbocycles. The molecule has 33 heavy (non-hydrogen) atoms. The van der Waals surface area contributed by atoms with Crippen LogP contribution in [0, 0.1) is 5.82 Å². The molecule has 0 bridgehead atoms. The van der Waals surface area contributed by atoms with Crippen molar-refractivity contribution in [3.05, 3.63) is 71.5 Å². The number of amides is 1. The van der Waals surface area contributed by atoms with Gasteiger partial charge in [0, 0.05) is 28.0 Å². The van der Waals surface area contributed by atoms with Crippen molar-refractivity contribution in [1.29, 1.82) is 0 Å². The zero-order valence-corrected chi connectivity index (χ0v) is 18.7. The van der Waals surface area contributed by atoms with E-state index in [1.807, 2.05) is 0 Å². The Labute approximate surface area is 189 Å². The third-order valence-corrected chi connectivity index (χ3v) is 8.77. The largest absolute Gasteiger partial charge is 0.404 e. The van der Waals surface area contributed by atoms with Crippen molar-refractivity contribution in [2.24, 2.45) is 4.99 Å². The van der Waals surface area contributed by atoms with Crippen LogP contribution in [0.1, 0.15) is 35.7 Å². The lowest BCUT2D eigenvalue weighted by atomic mass is 9.94. The first-order valence-electron chi connectivity index (χ1n) is 10.4. The molecule has 2 atom stereocenters. The van der Waals surface area contributed by atoms with Crippen molar-refractivity contribution < 1.29 is 26.6 Å². The van der Waals surface area contributed by atoms with E-state index >= 15 is 0 Å². The van der Waals surface area contributed by atoms with E-state index < -0.39 is 39.8 Å². The smallest absolute Gasteiger partial charge is 0.292 e. The first-order chi connectivity index (χ1) is 15.5. The number of guanidine groups is 1. The fourth-order valence-electron chi connectivity index (χ4n) is 4.25. The molecule has 2 aliphatic heterocycles. The van der Waals surface area contributed by atoms with Crippen LogP contribution >= 0.6 is 0 Å². The van der Waals surface area contributed by atoms with Crippen LogP contribution in [-0.4, -0.2) is 44.9 Å². The number of benzene rings is 2. The number of nitrogens with one attached hydrogen (secondary N) is 2. The normalized spacial score (nSPS) is 25.9. The second-order valence-corrected chi connectivity index (χ2v) is 10.8. The van der Waals surface area contributed by atoms with E-state index in [0.29, 0.717) is 5.56 Å². The van der Waals surface area contributed by atoms with Gasteiger partial charge in [0.2, 0.25) is 5.96 Å². The van der Waals surface area contributed by atoms with E-state index in [-0.39, 0.29) is 36.7 Å². The SMILES string of the molecule is C[C@@]1(c2ccccc2F)C[SH]2(=O)N[C@H](C(F)(F)F)CCCN2C(NC(=O)c2ccccc2)=N1. The van der Waals surface area contributed by atoms with Crippen LogP contribution in [0.5, 0.6) is 0 Å². The van der Waals surface area contributed by atoms with Gasteiger partial charge in [-0.2, -0.15) is 13.2 Å². The van der Waals surface area contributed by atoms with Crippen molar-refractivity contribution in [3.8, 4) is 0 Å². The topological polar surface area (TPSA) is 73.8 Å². The second-order valence-electron chi connectivity index (χ2n) is 8.36. The van der Waals surface area contributed by atoms with E-state index in [9.17, 15) is 26.6 Å². The number of hydrogen-bond donors (Lipinski definition) is 3. The summed E-state index contributed by atoms with van der Waals surface area (Å²) in [6, 6.07) is 11.9. The number of thiol groups is 1. The van der Waals surface area contributed by atoms with Crippen molar-refractivity contribution in [1.82, 2.24) is 14.3 Å². The third kappa shape index (κ3) is 4.65. The van der Waals surface area contributed by atoms with Gasteiger partial charge in [0.25, 0.3) is 5.91 Å². The highest BCUT2D eigenvalue weighted by atomic mass is 32.3. The number of halogens is 4. The van der Waals surface area contributed by atoms with Gasteiger partial charge in [-0.05, 0) is 38.0 Å². The molecule has 1 saturated heterocycles. The van der Waals surface area contributed by atoms with Gasteiger partial charge < -0.3 is 0 Å². The number of rotatable bonds is 2. The fourth-order valence-corrected chi connectivity index (χ4v) is 7.36. The summed E-state index contributed by atoms with van der Waals surface area (Å²) in [6.07, 6.45) is -4.80. The Morgan fingerprint density at radius 2 is 1.85 bits per heavy atom. The van der Waals surface area contributed by atoms with Crippen LogP contribution in [0.25, 0.3) is 0 Å². The Kier molecular flexibility index (Phi) is 6.04. The minimum absolute atomic E-state index is 0.00187. The number of carbonyl (C=O) groups excluding carboxylic acids is 1. The average Bonchev–Trinajstić information content (AvgIpc) is 2.93. The maximum absolute atomic E-state index is 14.7. The van der Waals surface area contributed by atoms with Gasteiger partial charge in [0.05, 0.1) is 5.75 Å². The highest BCUT2D eigenvalue weighted by Crippen LogP contribution is 2.38. The number of carbonyl (C=O) groups is 1. The van der Waals surface area contributed by atoms with Crippen LogP contribution in [0.2, 0.25) is 0 Å². The minimum Gasteiger partial charge on any atom is -0.292 e. The van der Waals surface area contributed by atoms with Crippen LogP contribution < -0.4 is 10.0 Å². The Morgan fingerprint density at radius 1 is 1.18 bits per heavy atom. The number of fused-ring (bicyclic) bond motifs is 1. The maximum Gasteiger partial charge on any atom is 0.404 e. The van der Waals surface area contributed by atoms with E-state index in [2.05, 4.69) is 15.0 Å². The summed E-state index contributed by atoms with van der Waals surface area (Å²) in [4.78, 5) is 17.4. The highest BCUT2D eigenvalue weighted by molar-refractivity contribution is 7.99. The molecule has 1 amide bonds. The number of nitrogens with zero attached hydrogens (tertiary/aromatic N) is 2. The molecular formula is C22H24F4N4O2S. The van der Waals surface area contributed by atoms with Crippen LogP contribution in [0.15, 0.2) is 59.6 Å². The molecule has 0 unspecified atom stereocenters. The second kappa shape index (κ2) is 8.53. The average molecular weight is 485 g/mol. The molecule has 0 spiro atoms. The Bertz CT molecular complexity index is 1120. The van der Waals surface area contributed by atoms with E-state index in [1.54, 1.807) is 36.4 Å². The quantitative estimate of drug-likeness (QED) is 0.452. The zero-order chi connectivity index (χ0) is 23.9. The lowest BCUT2D eigenvalue weighted by Gasteiger charge is -2.47. The van der Waals surface area contributed by atoms with Crippen molar-refractivity contribution >= 4 is 22.2 Å². The van der Waals surface area contributed by atoms with E-state index in [0.717, 1.165) is 0 Å². The van der Waals surface area contributed by atoms with E-state index in [4.69, 9.17) is 0 Å². The van der Waals surface area contributed by atoms with Crippen LogP contribution in [-0.2, 0) is 15.8 Å². The van der Waals surface area contributed by atoms with Crippen molar-refractivity contribution in [3.63, 3.8) is 0 Å². The predicted molar refractivity (Wildman–Crippen MR) is 118 cm³/mol. The number of aliphatic imine (C=N–C) groups is 1. The molecule has 2 aliphatic rings. The van der Waals surface area contributed by atoms with Gasteiger partial charge in [0.15, 0.2) is 0 Å².